The Morgan fingerprint density at radius 3 is 2.56 bits per heavy atom. The number of hydrogen-bond donors (Lipinski definition) is 1. The number of carbonyl (C=O) groups excluding carboxylic acids is 1. The Balaban J connectivity index is 2.26. The highest BCUT2D eigenvalue weighted by atomic mass is 35.5. The fraction of sp³-hybridized carbons (Fsp3) is 0.364. The lowest BCUT2D eigenvalue weighted by Crippen LogP contribution is -2.14. The summed E-state index contributed by atoms with van der Waals surface area (Å²) in [5, 5.41) is 3.22. The van der Waals surface area contributed by atoms with Crippen molar-refractivity contribution in [2.45, 2.75) is 12.8 Å². The molecule has 1 aromatic rings. The Hall–Kier alpha value is -0.930. The van der Waals surface area contributed by atoms with Crippen molar-refractivity contribution in [2.24, 2.45) is 0 Å². The minimum absolute atomic E-state index is 0.381. The summed E-state index contributed by atoms with van der Waals surface area (Å²) in [7, 11) is 0. The molecule has 16 heavy (non-hydrogen) atoms. The summed E-state index contributed by atoms with van der Waals surface area (Å²) in [6, 6.07) is 6.82. The van der Waals surface area contributed by atoms with Crippen LogP contribution in [0, 0.1) is 0 Å². The van der Waals surface area contributed by atoms with E-state index in [2.05, 4.69) is 5.32 Å². The number of nitrogens with one attached hydrogen (secondary N) is 1. The van der Waals surface area contributed by atoms with E-state index in [9.17, 15) is 4.79 Å². The molecule has 1 amide bonds. The minimum atomic E-state index is -0.461. The molecule has 0 aliphatic carbocycles. The van der Waals surface area contributed by atoms with Crippen LogP contribution in [-0.4, -0.2) is 18.6 Å². The van der Waals surface area contributed by atoms with Crippen molar-refractivity contribution in [3.63, 3.8) is 0 Å². The molecular formula is C11H13Cl2NO2. The number of benzene rings is 1. The molecule has 1 rings (SSSR count). The van der Waals surface area contributed by atoms with Crippen LogP contribution in [0.2, 0.25) is 5.02 Å². The second kappa shape index (κ2) is 7.36. The van der Waals surface area contributed by atoms with Gasteiger partial charge in [0.05, 0.1) is 6.61 Å². The molecule has 0 aliphatic rings. The van der Waals surface area contributed by atoms with E-state index < -0.39 is 6.09 Å². The van der Waals surface area contributed by atoms with Crippen molar-refractivity contribution >= 4 is 35.0 Å². The number of amides is 1. The first kappa shape index (κ1) is 13.1. The zero-order valence-electron chi connectivity index (χ0n) is 8.71. The third-order valence-electron chi connectivity index (χ3n) is 1.85. The summed E-state index contributed by atoms with van der Waals surface area (Å²) in [4.78, 5) is 11.3. The van der Waals surface area contributed by atoms with Gasteiger partial charge < -0.3 is 4.74 Å². The summed E-state index contributed by atoms with van der Waals surface area (Å²) in [5.74, 6) is 0.585. The molecule has 0 saturated carbocycles. The predicted octanol–water partition coefficient (Wildman–Crippen LogP) is 3.91. The first-order valence-corrected chi connectivity index (χ1v) is 5.89. The van der Waals surface area contributed by atoms with Gasteiger partial charge in [0.25, 0.3) is 0 Å². The van der Waals surface area contributed by atoms with E-state index in [0.29, 0.717) is 23.2 Å². The smallest absolute Gasteiger partial charge is 0.411 e. The molecule has 0 saturated heterocycles. The zero-order valence-corrected chi connectivity index (χ0v) is 10.2. The molecule has 1 aromatic carbocycles. The average Bonchev–Trinajstić information content (AvgIpc) is 2.28. The van der Waals surface area contributed by atoms with Crippen molar-refractivity contribution in [1.29, 1.82) is 0 Å². The molecule has 0 unspecified atom stereocenters. The fourth-order valence-corrected chi connectivity index (χ4v) is 1.36. The molecule has 0 bridgehead atoms. The van der Waals surface area contributed by atoms with Crippen molar-refractivity contribution in [3.8, 4) is 0 Å². The van der Waals surface area contributed by atoms with Gasteiger partial charge in [0, 0.05) is 16.6 Å². The Labute approximate surface area is 105 Å². The van der Waals surface area contributed by atoms with Crippen LogP contribution in [0.15, 0.2) is 24.3 Å². The number of unbranched alkanes of at least 4 members (excludes halogenated alkanes) is 1. The van der Waals surface area contributed by atoms with Gasteiger partial charge in [-0.15, -0.1) is 11.6 Å². The highest BCUT2D eigenvalue weighted by molar-refractivity contribution is 6.30. The molecule has 0 aromatic heterocycles. The quantitative estimate of drug-likeness (QED) is 0.645. The van der Waals surface area contributed by atoms with E-state index in [1.54, 1.807) is 24.3 Å². The highest BCUT2D eigenvalue weighted by Gasteiger charge is 2.02. The van der Waals surface area contributed by atoms with Gasteiger partial charge in [0.2, 0.25) is 0 Å². The van der Waals surface area contributed by atoms with Gasteiger partial charge in [-0.2, -0.15) is 0 Å². The molecule has 0 heterocycles. The van der Waals surface area contributed by atoms with Gasteiger partial charge in [-0.3, -0.25) is 5.32 Å². The molecule has 1 N–H and O–H groups in total. The van der Waals surface area contributed by atoms with Crippen molar-refractivity contribution in [3.05, 3.63) is 29.3 Å². The Morgan fingerprint density at radius 1 is 1.25 bits per heavy atom. The van der Waals surface area contributed by atoms with Crippen LogP contribution in [0.4, 0.5) is 10.5 Å². The standard InChI is InChI=1S/C11H13Cl2NO2/c12-7-1-2-8-16-11(15)14-10-5-3-9(13)4-6-10/h3-6H,1-2,7-8H2,(H,14,15). The van der Waals surface area contributed by atoms with E-state index in [1.165, 1.54) is 0 Å². The second-order valence-corrected chi connectivity index (χ2v) is 3.98. The summed E-state index contributed by atoms with van der Waals surface area (Å²) < 4.78 is 4.94. The van der Waals surface area contributed by atoms with Crippen LogP contribution < -0.4 is 5.32 Å². The number of anilines is 1. The van der Waals surface area contributed by atoms with Gasteiger partial charge in [0.15, 0.2) is 0 Å². The molecular weight excluding hydrogens is 249 g/mol. The number of hydrogen-bond acceptors (Lipinski definition) is 2. The van der Waals surface area contributed by atoms with Crippen LogP contribution in [-0.2, 0) is 4.74 Å². The molecule has 5 heteroatoms. The van der Waals surface area contributed by atoms with E-state index in [4.69, 9.17) is 27.9 Å². The summed E-state index contributed by atoms with van der Waals surface area (Å²) >= 11 is 11.2. The van der Waals surface area contributed by atoms with E-state index in [0.717, 1.165) is 12.8 Å². The van der Waals surface area contributed by atoms with Crippen LogP contribution in [0.1, 0.15) is 12.8 Å². The number of ether oxygens (including phenoxy) is 1. The maximum absolute atomic E-state index is 11.3. The Kier molecular flexibility index (Phi) is 6.04. The Bertz CT molecular complexity index is 327. The van der Waals surface area contributed by atoms with E-state index >= 15 is 0 Å². The van der Waals surface area contributed by atoms with Crippen LogP contribution in [0.5, 0.6) is 0 Å². The average molecular weight is 262 g/mol. The molecule has 88 valence electrons. The molecule has 0 atom stereocenters. The normalized spacial score (nSPS) is 9.88. The first-order chi connectivity index (χ1) is 7.72. The van der Waals surface area contributed by atoms with E-state index in [-0.39, 0.29) is 0 Å². The molecule has 0 fully saturated rings. The highest BCUT2D eigenvalue weighted by Crippen LogP contribution is 2.13. The van der Waals surface area contributed by atoms with Gasteiger partial charge in [0.1, 0.15) is 0 Å². The molecule has 3 nitrogen and oxygen atoms in total. The molecule has 0 radical (unpaired) electrons. The fourth-order valence-electron chi connectivity index (χ4n) is 1.05. The number of carbonyl (C=O) groups is 1. The SMILES string of the molecule is O=C(Nc1ccc(Cl)cc1)OCCCCCl. The predicted molar refractivity (Wildman–Crippen MR) is 66.4 cm³/mol. The maximum atomic E-state index is 11.3. The van der Waals surface area contributed by atoms with Crippen LogP contribution in [0.3, 0.4) is 0 Å². The summed E-state index contributed by atoms with van der Waals surface area (Å²) in [6.07, 6.45) is 1.16. The Morgan fingerprint density at radius 2 is 1.94 bits per heavy atom. The second-order valence-electron chi connectivity index (χ2n) is 3.16. The largest absolute Gasteiger partial charge is 0.449 e. The lowest BCUT2D eigenvalue weighted by molar-refractivity contribution is 0.160. The summed E-state index contributed by atoms with van der Waals surface area (Å²) in [6.45, 7) is 0.381. The monoisotopic (exact) mass is 261 g/mol. The lowest BCUT2D eigenvalue weighted by Gasteiger charge is -2.06. The zero-order chi connectivity index (χ0) is 11.8. The third kappa shape index (κ3) is 5.24. The van der Waals surface area contributed by atoms with Crippen molar-refractivity contribution < 1.29 is 9.53 Å². The van der Waals surface area contributed by atoms with Crippen LogP contribution in [0.25, 0.3) is 0 Å². The van der Waals surface area contributed by atoms with E-state index in [1.807, 2.05) is 0 Å². The van der Waals surface area contributed by atoms with Crippen molar-refractivity contribution in [1.82, 2.24) is 0 Å². The molecule has 0 spiro atoms. The van der Waals surface area contributed by atoms with Gasteiger partial charge in [-0.1, -0.05) is 11.6 Å². The molecule has 0 aliphatic heterocycles. The van der Waals surface area contributed by atoms with Gasteiger partial charge in [-0.05, 0) is 37.1 Å². The lowest BCUT2D eigenvalue weighted by atomic mass is 10.3. The number of rotatable bonds is 5. The third-order valence-corrected chi connectivity index (χ3v) is 2.37. The minimum Gasteiger partial charge on any atom is -0.449 e. The van der Waals surface area contributed by atoms with Gasteiger partial charge >= 0.3 is 6.09 Å². The van der Waals surface area contributed by atoms with Gasteiger partial charge in [-0.25, -0.2) is 4.79 Å². The topological polar surface area (TPSA) is 38.3 Å². The number of alkyl halides is 1. The maximum Gasteiger partial charge on any atom is 0.411 e. The van der Waals surface area contributed by atoms with Crippen LogP contribution >= 0.6 is 23.2 Å². The first-order valence-electron chi connectivity index (χ1n) is 4.97. The number of halogens is 2. The summed E-state index contributed by atoms with van der Waals surface area (Å²) in [5.41, 5.74) is 0.659. The van der Waals surface area contributed by atoms with Crippen molar-refractivity contribution in [2.75, 3.05) is 17.8 Å².